The third-order valence-electron chi connectivity index (χ3n) is 2.21. The molecule has 2 atom stereocenters. The molecule has 70 valence electrons. The van der Waals surface area contributed by atoms with Crippen LogP contribution in [0.15, 0.2) is 30.3 Å². The smallest absolute Gasteiger partial charge is 0.155 e. The van der Waals surface area contributed by atoms with E-state index in [0.29, 0.717) is 0 Å². The van der Waals surface area contributed by atoms with Gasteiger partial charge in [-0.25, -0.2) is 0 Å². The first kappa shape index (κ1) is 8.73. The first-order valence-electron chi connectivity index (χ1n) is 4.65. The summed E-state index contributed by atoms with van der Waals surface area (Å²) in [5.41, 5.74) is 1.31. The SMILES string of the molecule is CC1OCC(Cc2ccccc2)O1. The van der Waals surface area contributed by atoms with Crippen molar-refractivity contribution in [1.82, 2.24) is 0 Å². The highest BCUT2D eigenvalue weighted by molar-refractivity contribution is 5.15. The standard InChI is InChI=1S/C11H14O2/c1-9-12-8-11(13-9)7-10-5-3-2-4-6-10/h2-6,9,11H,7-8H2,1H3. The Kier molecular flexibility index (Phi) is 2.62. The molecule has 2 heteroatoms. The Bertz CT molecular complexity index is 258. The van der Waals surface area contributed by atoms with Crippen molar-refractivity contribution in [2.24, 2.45) is 0 Å². The Morgan fingerprint density at radius 1 is 1.31 bits per heavy atom. The van der Waals surface area contributed by atoms with Gasteiger partial charge in [0.15, 0.2) is 6.29 Å². The molecule has 1 saturated heterocycles. The average molecular weight is 178 g/mol. The van der Waals surface area contributed by atoms with Crippen molar-refractivity contribution in [3.63, 3.8) is 0 Å². The molecule has 1 aromatic carbocycles. The lowest BCUT2D eigenvalue weighted by Crippen LogP contribution is -2.13. The first-order chi connectivity index (χ1) is 6.34. The largest absolute Gasteiger partial charge is 0.350 e. The molecule has 2 nitrogen and oxygen atoms in total. The van der Waals surface area contributed by atoms with E-state index in [1.807, 2.05) is 13.0 Å². The van der Waals surface area contributed by atoms with E-state index < -0.39 is 0 Å². The first-order valence-corrected chi connectivity index (χ1v) is 4.65. The molecule has 2 rings (SSSR count). The summed E-state index contributed by atoms with van der Waals surface area (Å²) in [6.07, 6.45) is 1.15. The Morgan fingerprint density at radius 2 is 2.08 bits per heavy atom. The van der Waals surface area contributed by atoms with Crippen LogP contribution in [0.3, 0.4) is 0 Å². The van der Waals surface area contributed by atoms with E-state index in [4.69, 9.17) is 9.47 Å². The fourth-order valence-corrected chi connectivity index (χ4v) is 1.58. The molecule has 0 aromatic heterocycles. The normalized spacial score (nSPS) is 27.8. The Morgan fingerprint density at radius 3 is 2.69 bits per heavy atom. The van der Waals surface area contributed by atoms with Gasteiger partial charge in [-0.1, -0.05) is 30.3 Å². The summed E-state index contributed by atoms with van der Waals surface area (Å²) in [5, 5.41) is 0. The number of hydrogen-bond acceptors (Lipinski definition) is 2. The zero-order valence-corrected chi connectivity index (χ0v) is 7.77. The summed E-state index contributed by atoms with van der Waals surface area (Å²) in [6.45, 7) is 2.65. The van der Waals surface area contributed by atoms with Crippen molar-refractivity contribution in [3.05, 3.63) is 35.9 Å². The van der Waals surface area contributed by atoms with Gasteiger partial charge in [0.2, 0.25) is 0 Å². The lowest BCUT2D eigenvalue weighted by Gasteiger charge is -2.07. The van der Waals surface area contributed by atoms with Gasteiger partial charge in [0.1, 0.15) is 0 Å². The summed E-state index contributed by atoms with van der Waals surface area (Å²) in [6, 6.07) is 10.4. The average Bonchev–Trinajstić information content (AvgIpc) is 2.53. The van der Waals surface area contributed by atoms with Crippen LogP contribution in [0.25, 0.3) is 0 Å². The van der Waals surface area contributed by atoms with Gasteiger partial charge in [-0.15, -0.1) is 0 Å². The van der Waals surface area contributed by atoms with Gasteiger partial charge in [-0.2, -0.15) is 0 Å². The number of ether oxygens (including phenoxy) is 2. The molecule has 0 radical (unpaired) electrons. The maximum Gasteiger partial charge on any atom is 0.155 e. The van der Waals surface area contributed by atoms with Crippen LogP contribution >= 0.6 is 0 Å². The van der Waals surface area contributed by atoms with E-state index in [9.17, 15) is 0 Å². The fourth-order valence-electron chi connectivity index (χ4n) is 1.58. The highest BCUT2D eigenvalue weighted by Crippen LogP contribution is 2.15. The zero-order valence-electron chi connectivity index (χ0n) is 7.77. The van der Waals surface area contributed by atoms with Crippen molar-refractivity contribution >= 4 is 0 Å². The second-order valence-electron chi connectivity index (χ2n) is 3.35. The summed E-state index contributed by atoms with van der Waals surface area (Å²) in [5.74, 6) is 0. The molecule has 1 aliphatic heterocycles. The molecule has 2 unspecified atom stereocenters. The van der Waals surface area contributed by atoms with E-state index in [1.165, 1.54) is 5.56 Å². The lowest BCUT2D eigenvalue weighted by atomic mass is 10.1. The van der Waals surface area contributed by atoms with E-state index in [0.717, 1.165) is 13.0 Å². The molecule has 0 saturated carbocycles. The number of rotatable bonds is 2. The summed E-state index contributed by atoms with van der Waals surface area (Å²) >= 11 is 0. The molecular formula is C11H14O2. The van der Waals surface area contributed by atoms with Crippen molar-refractivity contribution in [2.45, 2.75) is 25.7 Å². The highest BCUT2D eigenvalue weighted by atomic mass is 16.7. The van der Waals surface area contributed by atoms with Gasteiger partial charge in [-0.05, 0) is 12.5 Å². The summed E-state index contributed by atoms with van der Waals surface area (Å²) in [4.78, 5) is 0. The third kappa shape index (κ3) is 2.29. The minimum Gasteiger partial charge on any atom is -0.350 e. The monoisotopic (exact) mass is 178 g/mol. The molecule has 1 heterocycles. The van der Waals surface area contributed by atoms with Crippen LogP contribution in [-0.4, -0.2) is 19.0 Å². The van der Waals surface area contributed by atoms with Crippen LogP contribution in [0.2, 0.25) is 0 Å². The van der Waals surface area contributed by atoms with E-state index in [2.05, 4.69) is 24.3 Å². The van der Waals surface area contributed by atoms with Gasteiger partial charge >= 0.3 is 0 Å². The molecule has 0 amide bonds. The number of benzene rings is 1. The molecule has 0 aliphatic carbocycles. The van der Waals surface area contributed by atoms with Gasteiger partial charge in [0, 0.05) is 6.42 Å². The quantitative estimate of drug-likeness (QED) is 0.689. The Balaban J connectivity index is 1.92. The zero-order chi connectivity index (χ0) is 9.10. The van der Waals surface area contributed by atoms with E-state index >= 15 is 0 Å². The molecule has 1 aromatic rings. The predicted octanol–water partition coefficient (Wildman–Crippen LogP) is 1.99. The van der Waals surface area contributed by atoms with Crippen LogP contribution in [0.1, 0.15) is 12.5 Å². The molecule has 0 spiro atoms. The maximum absolute atomic E-state index is 5.54. The molecular weight excluding hydrogens is 164 g/mol. The minimum absolute atomic E-state index is 0.0336. The van der Waals surface area contributed by atoms with Crippen LogP contribution in [0, 0.1) is 0 Å². The molecule has 0 bridgehead atoms. The number of hydrogen-bond donors (Lipinski definition) is 0. The molecule has 1 fully saturated rings. The van der Waals surface area contributed by atoms with Gasteiger partial charge in [0.25, 0.3) is 0 Å². The van der Waals surface area contributed by atoms with E-state index in [1.54, 1.807) is 0 Å². The van der Waals surface area contributed by atoms with Crippen LogP contribution in [-0.2, 0) is 15.9 Å². The van der Waals surface area contributed by atoms with Crippen LogP contribution < -0.4 is 0 Å². The highest BCUT2D eigenvalue weighted by Gasteiger charge is 2.22. The van der Waals surface area contributed by atoms with Crippen LogP contribution in [0.5, 0.6) is 0 Å². The Hall–Kier alpha value is -0.860. The molecule has 1 aliphatic rings. The molecule has 0 N–H and O–H groups in total. The summed E-state index contributed by atoms with van der Waals surface area (Å²) in [7, 11) is 0. The second-order valence-corrected chi connectivity index (χ2v) is 3.35. The van der Waals surface area contributed by atoms with Crippen molar-refractivity contribution < 1.29 is 9.47 Å². The third-order valence-corrected chi connectivity index (χ3v) is 2.21. The van der Waals surface area contributed by atoms with E-state index in [-0.39, 0.29) is 12.4 Å². The van der Waals surface area contributed by atoms with Crippen molar-refractivity contribution in [1.29, 1.82) is 0 Å². The van der Waals surface area contributed by atoms with Gasteiger partial charge < -0.3 is 9.47 Å². The van der Waals surface area contributed by atoms with Crippen LogP contribution in [0.4, 0.5) is 0 Å². The van der Waals surface area contributed by atoms with Crippen molar-refractivity contribution in [2.75, 3.05) is 6.61 Å². The van der Waals surface area contributed by atoms with Gasteiger partial charge in [-0.3, -0.25) is 0 Å². The second kappa shape index (κ2) is 3.90. The minimum atomic E-state index is -0.0336. The fraction of sp³-hybridized carbons (Fsp3) is 0.455. The predicted molar refractivity (Wildman–Crippen MR) is 50.4 cm³/mol. The molecule has 13 heavy (non-hydrogen) atoms. The topological polar surface area (TPSA) is 18.5 Å². The Labute approximate surface area is 78.5 Å². The van der Waals surface area contributed by atoms with Crippen molar-refractivity contribution in [3.8, 4) is 0 Å². The maximum atomic E-state index is 5.54. The van der Waals surface area contributed by atoms with Gasteiger partial charge in [0.05, 0.1) is 12.7 Å². The summed E-state index contributed by atoms with van der Waals surface area (Å²) < 4.78 is 10.9. The lowest BCUT2D eigenvalue weighted by molar-refractivity contribution is -0.0417.